The third-order valence-corrected chi connectivity index (χ3v) is 4.39. The molecule has 0 bridgehead atoms. The van der Waals surface area contributed by atoms with E-state index in [-0.39, 0.29) is 6.04 Å². The minimum atomic E-state index is 0.287. The maximum Gasteiger partial charge on any atom is 0.195 e. The molecule has 3 rings (SSSR count). The lowest BCUT2D eigenvalue weighted by atomic mass is 10.1. The molecule has 0 aliphatic rings. The van der Waals surface area contributed by atoms with Crippen LogP contribution in [0.15, 0.2) is 43.0 Å². The van der Waals surface area contributed by atoms with Crippen LogP contribution in [0.3, 0.4) is 0 Å². The molecule has 3 aromatic rings. The third-order valence-electron chi connectivity index (χ3n) is 4.39. The Kier molecular flexibility index (Phi) is 4.83. The molecular formula is C18H27N6+. The van der Waals surface area contributed by atoms with Gasteiger partial charge in [0.1, 0.15) is 0 Å². The Morgan fingerprint density at radius 2 is 2.00 bits per heavy atom. The first-order chi connectivity index (χ1) is 11.5. The summed E-state index contributed by atoms with van der Waals surface area (Å²) in [5, 5.41) is 12.5. The molecule has 6 heteroatoms. The van der Waals surface area contributed by atoms with E-state index >= 15 is 0 Å². The molecule has 3 aromatic heterocycles. The fourth-order valence-corrected chi connectivity index (χ4v) is 2.86. The van der Waals surface area contributed by atoms with Crippen molar-refractivity contribution in [3.8, 4) is 0 Å². The highest BCUT2D eigenvalue weighted by atomic mass is 15.3. The fourth-order valence-electron chi connectivity index (χ4n) is 2.86. The van der Waals surface area contributed by atoms with E-state index < -0.39 is 0 Å². The quantitative estimate of drug-likeness (QED) is 0.678. The number of nitrogens with one attached hydrogen (secondary N) is 1. The molecule has 0 saturated heterocycles. The Hall–Kier alpha value is -2.37. The van der Waals surface area contributed by atoms with Gasteiger partial charge in [0.05, 0.1) is 29.9 Å². The Balaban J connectivity index is 1.61. The zero-order valence-corrected chi connectivity index (χ0v) is 14.9. The maximum atomic E-state index is 4.75. The van der Waals surface area contributed by atoms with Gasteiger partial charge in [0, 0.05) is 24.7 Å². The molecule has 2 atom stereocenters. The number of H-pyrrole nitrogens is 1. The largest absolute Gasteiger partial charge is 0.270 e. The first-order valence-electron chi connectivity index (χ1n) is 8.63. The van der Waals surface area contributed by atoms with E-state index in [1.54, 1.807) is 0 Å². The fraction of sp³-hybridized carbons (Fsp3) is 0.500. The van der Waals surface area contributed by atoms with E-state index in [9.17, 15) is 0 Å². The van der Waals surface area contributed by atoms with Crippen LogP contribution in [0.25, 0.3) is 0 Å². The molecule has 0 fully saturated rings. The second kappa shape index (κ2) is 7.03. The summed E-state index contributed by atoms with van der Waals surface area (Å²) in [5.74, 6) is 0.875. The van der Waals surface area contributed by atoms with E-state index in [1.807, 2.05) is 27.8 Å². The Bertz CT molecular complexity index is 752. The minimum Gasteiger partial charge on any atom is -0.270 e. The van der Waals surface area contributed by atoms with Crippen molar-refractivity contribution >= 4 is 0 Å². The monoisotopic (exact) mass is 327 g/mol. The number of aromatic amines is 1. The number of aromatic nitrogens is 6. The van der Waals surface area contributed by atoms with Crippen molar-refractivity contribution in [1.29, 1.82) is 0 Å². The number of rotatable bonds is 7. The molecule has 128 valence electrons. The van der Waals surface area contributed by atoms with Gasteiger partial charge in [-0.3, -0.25) is 9.36 Å². The summed E-state index contributed by atoms with van der Waals surface area (Å²) in [4.78, 5) is 0. The van der Waals surface area contributed by atoms with Gasteiger partial charge in [-0.15, -0.1) is 4.68 Å². The topological polar surface area (TPSA) is 55.3 Å². The van der Waals surface area contributed by atoms with Crippen molar-refractivity contribution in [2.75, 3.05) is 0 Å². The van der Waals surface area contributed by atoms with Crippen LogP contribution < -0.4 is 4.68 Å². The number of hydrogen-bond acceptors (Lipinski definition) is 2. The van der Waals surface area contributed by atoms with Crippen molar-refractivity contribution in [2.24, 2.45) is 0 Å². The summed E-state index contributed by atoms with van der Waals surface area (Å²) in [5.41, 5.74) is 2.39. The molecule has 3 heterocycles. The SMILES string of the molecule is CC(C)c1cc[n+](CC(C)c2ccn(CC(C)n3cccn3)n2)[nH]1. The van der Waals surface area contributed by atoms with E-state index in [0.29, 0.717) is 11.8 Å². The first-order valence-corrected chi connectivity index (χ1v) is 8.63. The average Bonchev–Trinajstić information content (AvgIpc) is 3.28. The van der Waals surface area contributed by atoms with Gasteiger partial charge in [-0.1, -0.05) is 20.8 Å². The molecule has 0 radical (unpaired) electrons. The van der Waals surface area contributed by atoms with Crippen molar-refractivity contribution < 1.29 is 4.68 Å². The van der Waals surface area contributed by atoms with Crippen LogP contribution in [-0.4, -0.2) is 24.7 Å². The molecule has 0 aliphatic carbocycles. The van der Waals surface area contributed by atoms with Crippen LogP contribution in [0, 0.1) is 0 Å². The van der Waals surface area contributed by atoms with Crippen LogP contribution in [0.4, 0.5) is 0 Å². The second-order valence-corrected chi connectivity index (χ2v) is 6.89. The molecule has 2 unspecified atom stereocenters. The number of hydrogen-bond donors (Lipinski definition) is 1. The summed E-state index contributed by atoms with van der Waals surface area (Å²) >= 11 is 0. The molecule has 0 amide bonds. The van der Waals surface area contributed by atoms with Gasteiger partial charge in [-0.2, -0.15) is 15.3 Å². The van der Waals surface area contributed by atoms with Crippen molar-refractivity contribution in [2.45, 2.75) is 58.7 Å². The standard InChI is InChI=1S/C18H26N6/c1-14(2)17-6-10-22(20-17)12-15(3)18-7-11-23(21-18)13-16(4)24-9-5-8-19-24/h5-11,14-16H,12-13H2,1-4H3/p+1. The van der Waals surface area contributed by atoms with Gasteiger partial charge in [-0.05, 0) is 25.0 Å². The molecule has 0 saturated carbocycles. The third kappa shape index (κ3) is 3.75. The molecule has 24 heavy (non-hydrogen) atoms. The summed E-state index contributed by atoms with van der Waals surface area (Å²) in [6.07, 6.45) is 7.98. The van der Waals surface area contributed by atoms with Gasteiger partial charge in [0.2, 0.25) is 0 Å². The predicted molar refractivity (Wildman–Crippen MR) is 92.7 cm³/mol. The smallest absolute Gasteiger partial charge is 0.195 e. The highest BCUT2D eigenvalue weighted by molar-refractivity contribution is 5.04. The van der Waals surface area contributed by atoms with E-state index in [1.165, 1.54) is 5.69 Å². The lowest BCUT2D eigenvalue weighted by molar-refractivity contribution is -0.752. The molecular weight excluding hydrogens is 300 g/mol. The van der Waals surface area contributed by atoms with Gasteiger partial charge in [0.15, 0.2) is 12.7 Å². The van der Waals surface area contributed by atoms with Gasteiger partial charge in [0.25, 0.3) is 0 Å². The van der Waals surface area contributed by atoms with Crippen molar-refractivity contribution in [1.82, 2.24) is 24.7 Å². The minimum absolute atomic E-state index is 0.287. The van der Waals surface area contributed by atoms with Crippen LogP contribution >= 0.6 is 0 Å². The van der Waals surface area contributed by atoms with E-state index in [4.69, 9.17) is 5.10 Å². The highest BCUT2D eigenvalue weighted by Gasteiger charge is 2.17. The summed E-state index contributed by atoms with van der Waals surface area (Å²) in [6, 6.07) is 6.51. The van der Waals surface area contributed by atoms with Crippen LogP contribution in [0.2, 0.25) is 0 Å². The summed E-state index contributed by atoms with van der Waals surface area (Å²) in [6.45, 7) is 10.5. The van der Waals surface area contributed by atoms with Crippen LogP contribution in [0.1, 0.15) is 57.0 Å². The first kappa shape index (κ1) is 16.5. The lowest BCUT2D eigenvalue weighted by Crippen LogP contribution is -2.37. The molecule has 0 spiro atoms. The molecule has 0 aromatic carbocycles. The lowest BCUT2D eigenvalue weighted by Gasteiger charge is -2.12. The van der Waals surface area contributed by atoms with E-state index in [2.05, 4.69) is 67.1 Å². The normalized spacial score (nSPS) is 14.2. The second-order valence-electron chi connectivity index (χ2n) is 6.89. The van der Waals surface area contributed by atoms with Crippen molar-refractivity contribution in [3.05, 3.63) is 54.4 Å². The Morgan fingerprint density at radius 1 is 1.17 bits per heavy atom. The molecule has 1 N–H and O–H groups in total. The molecule has 6 nitrogen and oxygen atoms in total. The van der Waals surface area contributed by atoms with Crippen LogP contribution in [-0.2, 0) is 13.1 Å². The summed E-state index contributed by atoms with van der Waals surface area (Å²) in [7, 11) is 0. The predicted octanol–water partition coefficient (Wildman–Crippen LogP) is 2.88. The maximum absolute atomic E-state index is 4.75. The Morgan fingerprint density at radius 3 is 2.67 bits per heavy atom. The number of nitrogens with zero attached hydrogens (tertiary/aromatic N) is 5. The van der Waals surface area contributed by atoms with Gasteiger partial charge >= 0.3 is 0 Å². The van der Waals surface area contributed by atoms with Gasteiger partial charge < -0.3 is 0 Å². The Labute approximate surface area is 143 Å². The van der Waals surface area contributed by atoms with Gasteiger partial charge in [-0.25, -0.2) is 0 Å². The molecule has 0 aliphatic heterocycles. The average molecular weight is 327 g/mol. The van der Waals surface area contributed by atoms with Crippen LogP contribution in [0.5, 0.6) is 0 Å². The zero-order valence-electron chi connectivity index (χ0n) is 14.9. The van der Waals surface area contributed by atoms with E-state index in [0.717, 1.165) is 18.8 Å². The highest BCUT2D eigenvalue weighted by Crippen LogP contribution is 2.15. The van der Waals surface area contributed by atoms with Crippen molar-refractivity contribution in [3.63, 3.8) is 0 Å². The summed E-state index contributed by atoms with van der Waals surface area (Å²) < 4.78 is 6.12. The zero-order chi connectivity index (χ0) is 17.1.